The number of benzene rings is 2. The van der Waals surface area contributed by atoms with Crippen molar-refractivity contribution in [3.8, 4) is 22.6 Å². The lowest BCUT2D eigenvalue weighted by molar-refractivity contribution is 0.355. The zero-order valence-electron chi connectivity index (χ0n) is 16.8. The minimum atomic E-state index is -3.91. The van der Waals surface area contributed by atoms with E-state index < -0.39 is 10.0 Å². The largest absolute Gasteiger partial charge is 0.493 e. The van der Waals surface area contributed by atoms with Crippen molar-refractivity contribution in [1.29, 1.82) is 0 Å². The molecule has 0 aliphatic heterocycles. The van der Waals surface area contributed by atoms with Crippen LogP contribution < -0.4 is 14.2 Å². The fraction of sp³-hybridized carbons (Fsp3) is 0.143. The van der Waals surface area contributed by atoms with E-state index in [1.165, 1.54) is 23.5 Å². The lowest BCUT2D eigenvalue weighted by Crippen LogP contribution is -2.14. The van der Waals surface area contributed by atoms with Gasteiger partial charge in [-0.25, -0.2) is 18.4 Å². The third kappa shape index (κ3) is 4.16. The van der Waals surface area contributed by atoms with Crippen molar-refractivity contribution in [2.45, 2.75) is 11.8 Å². The molecule has 2 aromatic heterocycles. The number of methoxy groups -OCH3 is 2. The number of aryl methyl sites for hydroxylation is 1. The number of nitrogens with one attached hydrogen (secondary N) is 1. The lowest BCUT2D eigenvalue weighted by atomic mass is 10.1. The van der Waals surface area contributed by atoms with Gasteiger partial charge in [0.25, 0.3) is 10.0 Å². The van der Waals surface area contributed by atoms with Gasteiger partial charge in [-0.05, 0) is 42.8 Å². The van der Waals surface area contributed by atoms with Crippen molar-refractivity contribution in [1.82, 2.24) is 9.97 Å². The van der Waals surface area contributed by atoms with E-state index in [1.54, 1.807) is 39.3 Å². The van der Waals surface area contributed by atoms with E-state index in [2.05, 4.69) is 14.7 Å². The molecule has 0 radical (unpaired) electrons. The van der Waals surface area contributed by atoms with Gasteiger partial charge < -0.3 is 9.47 Å². The molecule has 2 aromatic carbocycles. The first kappa shape index (κ1) is 21.4. The van der Waals surface area contributed by atoms with Crippen molar-refractivity contribution in [2.24, 2.45) is 0 Å². The average molecular weight is 476 g/mol. The first-order valence-corrected chi connectivity index (χ1v) is 11.8. The summed E-state index contributed by atoms with van der Waals surface area (Å²) in [6.45, 7) is 1.71. The minimum absolute atomic E-state index is 0.0484. The molecule has 160 valence electrons. The first-order chi connectivity index (χ1) is 14.8. The predicted molar refractivity (Wildman–Crippen MR) is 123 cm³/mol. The highest BCUT2D eigenvalue weighted by Crippen LogP contribution is 2.40. The molecule has 7 nitrogen and oxygen atoms in total. The van der Waals surface area contributed by atoms with Crippen LogP contribution in [0.4, 0.5) is 5.82 Å². The second-order valence-corrected chi connectivity index (χ2v) is 9.56. The van der Waals surface area contributed by atoms with Gasteiger partial charge in [0.15, 0.2) is 17.3 Å². The van der Waals surface area contributed by atoms with Gasteiger partial charge in [0, 0.05) is 16.0 Å². The molecule has 0 atom stereocenters. The second kappa shape index (κ2) is 8.33. The number of anilines is 1. The third-order valence-corrected chi connectivity index (χ3v) is 7.02. The van der Waals surface area contributed by atoms with Crippen molar-refractivity contribution in [3.05, 3.63) is 58.7 Å². The van der Waals surface area contributed by atoms with Crippen LogP contribution in [-0.4, -0.2) is 32.6 Å². The highest BCUT2D eigenvalue weighted by Gasteiger charge is 2.21. The molecule has 1 N–H and O–H groups in total. The molecule has 0 saturated heterocycles. The number of fused-ring (bicyclic) bond motifs is 1. The molecule has 4 aromatic rings. The van der Waals surface area contributed by atoms with Crippen molar-refractivity contribution in [2.75, 3.05) is 18.9 Å². The van der Waals surface area contributed by atoms with E-state index in [0.717, 1.165) is 11.1 Å². The molecule has 0 unspecified atom stereocenters. The molecule has 0 fully saturated rings. The van der Waals surface area contributed by atoms with Crippen molar-refractivity contribution < 1.29 is 17.9 Å². The maximum absolute atomic E-state index is 13.0. The average Bonchev–Trinajstić information content (AvgIpc) is 3.17. The molecule has 0 aliphatic rings. The summed E-state index contributed by atoms with van der Waals surface area (Å²) < 4.78 is 39.3. The molecule has 31 heavy (non-hydrogen) atoms. The molecular weight excluding hydrogens is 458 g/mol. The lowest BCUT2D eigenvalue weighted by Gasteiger charge is -2.12. The summed E-state index contributed by atoms with van der Waals surface area (Å²) >= 11 is 7.38. The summed E-state index contributed by atoms with van der Waals surface area (Å²) in [5, 5.41) is 2.85. The number of aromatic nitrogens is 2. The Bertz CT molecular complexity index is 1390. The van der Waals surface area contributed by atoms with E-state index in [9.17, 15) is 8.42 Å². The summed E-state index contributed by atoms with van der Waals surface area (Å²) in [5.41, 5.74) is 1.60. The van der Waals surface area contributed by atoms with Crippen molar-refractivity contribution in [3.63, 3.8) is 0 Å². The van der Waals surface area contributed by atoms with Crippen LogP contribution in [0.3, 0.4) is 0 Å². The van der Waals surface area contributed by atoms with Gasteiger partial charge in [-0.3, -0.25) is 4.72 Å². The van der Waals surface area contributed by atoms with Gasteiger partial charge in [-0.2, -0.15) is 0 Å². The van der Waals surface area contributed by atoms with E-state index in [4.69, 9.17) is 21.1 Å². The predicted octanol–water partition coefficient (Wildman–Crippen LogP) is 5.14. The van der Waals surface area contributed by atoms with Gasteiger partial charge in [0.2, 0.25) is 0 Å². The van der Waals surface area contributed by atoms with Gasteiger partial charge in [-0.1, -0.05) is 23.7 Å². The van der Waals surface area contributed by atoms with Crippen LogP contribution in [0.15, 0.2) is 52.7 Å². The Hall–Kier alpha value is -2.88. The number of ether oxygens (including phenoxy) is 2. The highest BCUT2D eigenvalue weighted by atomic mass is 35.5. The number of thiophene rings is 1. The van der Waals surface area contributed by atoms with E-state index in [1.807, 2.05) is 17.5 Å². The molecule has 0 aliphatic carbocycles. The molecule has 4 rings (SSSR count). The van der Waals surface area contributed by atoms with Crippen LogP contribution in [0.5, 0.6) is 11.5 Å². The first-order valence-electron chi connectivity index (χ1n) is 9.09. The smallest absolute Gasteiger partial charge is 0.263 e. The quantitative estimate of drug-likeness (QED) is 0.415. The molecule has 0 spiro atoms. The van der Waals surface area contributed by atoms with E-state index in [0.29, 0.717) is 32.6 Å². The standard InChI is InChI=1S/C21H18ClN3O4S2/c1-12-23-20(25-31(26,27)15-6-4-5-14(22)10-15)19-16(11-30-21(19)24-12)13-7-8-17(28-2)18(9-13)29-3/h4-11H,1-3H3,(H,23,24,25). The van der Waals surface area contributed by atoms with Gasteiger partial charge in [0.1, 0.15) is 10.7 Å². The Morgan fingerprint density at radius 1 is 1.03 bits per heavy atom. The number of sulfonamides is 1. The van der Waals surface area contributed by atoms with Crippen LogP contribution in [0.1, 0.15) is 5.82 Å². The minimum Gasteiger partial charge on any atom is -0.493 e. The molecule has 10 heteroatoms. The highest BCUT2D eigenvalue weighted by molar-refractivity contribution is 7.92. The maximum atomic E-state index is 13.0. The van der Waals surface area contributed by atoms with Gasteiger partial charge in [0.05, 0.1) is 24.5 Å². The zero-order valence-corrected chi connectivity index (χ0v) is 19.2. The topological polar surface area (TPSA) is 90.4 Å². The maximum Gasteiger partial charge on any atom is 0.263 e. The molecule has 0 bridgehead atoms. The van der Waals surface area contributed by atoms with Crippen LogP contribution in [-0.2, 0) is 10.0 Å². The van der Waals surface area contributed by atoms with Crippen LogP contribution in [0.25, 0.3) is 21.3 Å². The third-order valence-electron chi connectivity index (χ3n) is 4.58. The Morgan fingerprint density at radius 2 is 1.81 bits per heavy atom. The monoisotopic (exact) mass is 475 g/mol. The summed E-state index contributed by atoms with van der Waals surface area (Å²) in [5.74, 6) is 1.82. The summed E-state index contributed by atoms with van der Waals surface area (Å²) in [7, 11) is -0.783. The van der Waals surface area contributed by atoms with Crippen LogP contribution in [0, 0.1) is 6.92 Å². The summed E-state index contributed by atoms with van der Waals surface area (Å²) in [4.78, 5) is 9.57. The van der Waals surface area contributed by atoms with E-state index in [-0.39, 0.29) is 10.7 Å². The fourth-order valence-corrected chi connectivity index (χ4v) is 5.47. The van der Waals surface area contributed by atoms with Gasteiger partial charge in [-0.15, -0.1) is 11.3 Å². The van der Waals surface area contributed by atoms with Crippen LogP contribution >= 0.6 is 22.9 Å². The Labute approximate surface area is 188 Å². The second-order valence-electron chi connectivity index (χ2n) is 6.58. The Balaban J connectivity index is 1.86. The number of nitrogens with zero attached hydrogens (tertiary/aromatic N) is 2. The normalized spacial score (nSPS) is 11.5. The Morgan fingerprint density at radius 3 is 2.52 bits per heavy atom. The number of hydrogen-bond donors (Lipinski definition) is 1. The van der Waals surface area contributed by atoms with Gasteiger partial charge >= 0.3 is 0 Å². The molecule has 0 amide bonds. The van der Waals surface area contributed by atoms with E-state index >= 15 is 0 Å². The van der Waals surface area contributed by atoms with Crippen LogP contribution in [0.2, 0.25) is 5.02 Å². The number of halogens is 1. The Kier molecular flexibility index (Phi) is 5.74. The fourth-order valence-electron chi connectivity index (χ4n) is 3.16. The molecule has 0 saturated carbocycles. The number of rotatable bonds is 6. The number of hydrogen-bond acceptors (Lipinski definition) is 7. The molecule has 2 heterocycles. The molecular formula is C21H18ClN3O4S2. The zero-order chi connectivity index (χ0) is 22.2. The SMILES string of the molecule is COc1ccc(-c2csc3nc(C)nc(NS(=O)(=O)c4cccc(Cl)c4)c23)cc1OC. The summed E-state index contributed by atoms with van der Waals surface area (Å²) in [6, 6.07) is 11.6. The van der Waals surface area contributed by atoms with Crippen molar-refractivity contribution >= 4 is 49.0 Å². The summed E-state index contributed by atoms with van der Waals surface area (Å²) in [6.07, 6.45) is 0.